The summed E-state index contributed by atoms with van der Waals surface area (Å²) in [6.45, 7) is 9.86. The second-order valence-corrected chi connectivity index (χ2v) is 6.41. The fourth-order valence-corrected chi connectivity index (χ4v) is 2.43. The van der Waals surface area contributed by atoms with E-state index in [-0.39, 0.29) is 6.61 Å². The molecular weight excluding hydrogens is 262 g/mol. The van der Waals surface area contributed by atoms with Gasteiger partial charge in [0, 0.05) is 5.02 Å². The molecule has 5 heteroatoms. The van der Waals surface area contributed by atoms with Crippen LogP contribution >= 0.6 is 11.6 Å². The largest absolute Gasteiger partial charge is 0.495 e. The molecule has 0 spiro atoms. The SMILES string of the molecule is Cc1ccc(Cl)c(CO)c1B1OC(C)(C)C(C)(C)O1. The summed E-state index contributed by atoms with van der Waals surface area (Å²) in [6, 6.07) is 3.71. The third-order valence-corrected chi connectivity index (χ3v) is 4.52. The van der Waals surface area contributed by atoms with Crippen LogP contribution in [0.25, 0.3) is 0 Å². The normalized spacial score (nSPS) is 20.9. The fourth-order valence-electron chi connectivity index (χ4n) is 2.20. The molecule has 1 heterocycles. The van der Waals surface area contributed by atoms with Crippen molar-refractivity contribution >= 4 is 24.2 Å². The Morgan fingerprint density at radius 3 is 2.16 bits per heavy atom. The first kappa shape index (κ1) is 14.9. The van der Waals surface area contributed by atoms with Crippen molar-refractivity contribution in [2.24, 2.45) is 0 Å². The Morgan fingerprint density at radius 2 is 1.68 bits per heavy atom. The van der Waals surface area contributed by atoms with Gasteiger partial charge in [-0.15, -0.1) is 0 Å². The van der Waals surface area contributed by atoms with Gasteiger partial charge in [-0.3, -0.25) is 0 Å². The van der Waals surface area contributed by atoms with E-state index in [9.17, 15) is 5.11 Å². The topological polar surface area (TPSA) is 38.7 Å². The Hall–Kier alpha value is -0.545. The minimum absolute atomic E-state index is 0.125. The third-order valence-electron chi connectivity index (χ3n) is 4.16. The molecule has 1 aromatic carbocycles. The third kappa shape index (κ3) is 2.43. The van der Waals surface area contributed by atoms with Gasteiger partial charge < -0.3 is 14.4 Å². The van der Waals surface area contributed by atoms with Crippen LogP contribution in [0.3, 0.4) is 0 Å². The van der Waals surface area contributed by atoms with Gasteiger partial charge in [0.1, 0.15) is 0 Å². The molecule has 0 amide bonds. The van der Waals surface area contributed by atoms with Gasteiger partial charge >= 0.3 is 7.12 Å². The van der Waals surface area contributed by atoms with Crippen LogP contribution in [0.2, 0.25) is 5.02 Å². The van der Waals surface area contributed by atoms with Gasteiger partial charge in [-0.25, -0.2) is 0 Å². The zero-order valence-corrected chi connectivity index (χ0v) is 12.8. The second kappa shape index (κ2) is 4.78. The van der Waals surface area contributed by atoms with Crippen molar-refractivity contribution in [1.29, 1.82) is 0 Å². The number of rotatable bonds is 2. The zero-order chi connectivity index (χ0) is 14.4. The van der Waals surface area contributed by atoms with Crippen molar-refractivity contribution in [3.63, 3.8) is 0 Å². The van der Waals surface area contributed by atoms with Crippen LogP contribution in [0.15, 0.2) is 12.1 Å². The zero-order valence-electron chi connectivity index (χ0n) is 12.1. The number of aliphatic hydroxyl groups excluding tert-OH is 1. The van der Waals surface area contributed by atoms with Crippen LogP contribution in [0.1, 0.15) is 38.8 Å². The molecule has 2 rings (SSSR count). The highest BCUT2D eigenvalue weighted by molar-refractivity contribution is 6.63. The van der Waals surface area contributed by atoms with Crippen LogP contribution in [-0.4, -0.2) is 23.4 Å². The standard InChI is InChI=1S/C14H20BClO3/c1-9-6-7-11(16)10(8-17)12(9)15-18-13(2,3)14(4,5)19-15/h6-7,17H,8H2,1-5H3. The van der Waals surface area contributed by atoms with Crippen molar-refractivity contribution < 1.29 is 14.4 Å². The molecule has 0 bridgehead atoms. The van der Waals surface area contributed by atoms with Crippen LogP contribution < -0.4 is 5.46 Å². The second-order valence-electron chi connectivity index (χ2n) is 6.00. The smallest absolute Gasteiger partial charge is 0.399 e. The molecule has 0 radical (unpaired) electrons. The van der Waals surface area contributed by atoms with Crippen LogP contribution in [0, 0.1) is 6.92 Å². The minimum Gasteiger partial charge on any atom is -0.399 e. The number of aliphatic hydroxyl groups is 1. The maximum absolute atomic E-state index is 9.55. The highest BCUT2D eigenvalue weighted by Crippen LogP contribution is 2.37. The monoisotopic (exact) mass is 282 g/mol. The molecule has 104 valence electrons. The van der Waals surface area contributed by atoms with E-state index in [1.807, 2.05) is 40.7 Å². The Morgan fingerprint density at radius 1 is 1.16 bits per heavy atom. The van der Waals surface area contributed by atoms with E-state index < -0.39 is 18.3 Å². The van der Waals surface area contributed by atoms with Crippen molar-refractivity contribution in [3.8, 4) is 0 Å². The van der Waals surface area contributed by atoms with Gasteiger partial charge in [-0.2, -0.15) is 0 Å². The average molecular weight is 283 g/mol. The molecule has 1 aliphatic rings. The molecule has 1 saturated heterocycles. The van der Waals surface area contributed by atoms with E-state index in [1.54, 1.807) is 6.07 Å². The number of hydrogen-bond acceptors (Lipinski definition) is 3. The molecule has 0 saturated carbocycles. The van der Waals surface area contributed by atoms with Crippen LogP contribution in [0.5, 0.6) is 0 Å². The highest BCUT2D eigenvalue weighted by Gasteiger charge is 2.52. The maximum Gasteiger partial charge on any atom is 0.495 e. The van der Waals surface area contributed by atoms with Gasteiger partial charge in [-0.1, -0.05) is 23.2 Å². The molecule has 0 aliphatic carbocycles. The van der Waals surface area contributed by atoms with Crippen molar-refractivity contribution in [1.82, 2.24) is 0 Å². The molecule has 1 N–H and O–H groups in total. The Kier molecular flexibility index (Phi) is 3.73. The minimum atomic E-state index is -0.495. The van der Waals surface area contributed by atoms with Crippen LogP contribution in [0.4, 0.5) is 0 Å². The lowest BCUT2D eigenvalue weighted by molar-refractivity contribution is 0.00578. The van der Waals surface area contributed by atoms with E-state index in [2.05, 4.69) is 0 Å². The summed E-state index contributed by atoms with van der Waals surface area (Å²) in [5.74, 6) is 0. The van der Waals surface area contributed by atoms with Crippen molar-refractivity contribution in [2.45, 2.75) is 52.4 Å². The molecule has 3 nitrogen and oxygen atoms in total. The highest BCUT2D eigenvalue weighted by atomic mass is 35.5. The lowest BCUT2D eigenvalue weighted by Crippen LogP contribution is -2.41. The van der Waals surface area contributed by atoms with Crippen molar-refractivity contribution in [3.05, 3.63) is 28.3 Å². The van der Waals surface area contributed by atoms with Gasteiger partial charge in [0.05, 0.1) is 17.8 Å². The number of hydrogen-bond donors (Lipinski definition) is 1. The van der Waals surface area contributed by atoms with Gasteiger partial charge in [0.2, 0.25) is 0 Å². The number of benzene rings is 1. The van der Waals surface area contributed by atoms with Crippen molar-refractivity contribution in [2.75, 3.05) is 0 Å². The Labute approximate surface area is 120 Å². The fraction of sp³-hybridized carbons (Fsp3) is 0.571. The lowest BCUT2D eigenvalue weighted by atomic mass is 9.73. The summed E-state index contributed by atoms with van der Waals surface area (Å²) in [7, 11) is -0.495. The summed E-state index contributed by atoms with van der Waals surface area (Å²) in [5, 5.41) is 10.1. The van der Waals surface area contributed by atoms with E-state index in [1.165, 1.54) is 0 Å². The first-order valence-electron chi connectivity index (χ1n) is 6.44. The molecule has 1 fully saturated rings. The predicted molar refractivity (Wildman–Crippen MR) is 77.8 cm³/mol. The summed E-state index contributed by atoms with van der Waals surface area (Å²) < 4.78 is 12.1. The summed E-state index contributed by atoms with van der Waals surface area (Å²) >= 11 is 6.15. The average Bonchev–Trinajstić information content (AvgIpc) is 2.50. The molecule has 0 unspecified atom stereocenters. The molecule has 0 aromatic heterocycles. The first-order valence-corrected chi connectivity index (χ1v) is 6.82. The molecular formula is C14H20BClO3. The summed E-state index contributed by atoms with van der Waals surface area (Å²) in [5.41, 5.74) is 1.72. The maximum atomic E-state index is 9.55. The van der Waals surface area contributed by atoms with E-state index in [0.29, 0.717) is 10.6 Å². The molecule has 0 atom stereocenters. The van der Waals surface area contributed by atoms with Gasteiger partial charge in [0.25, 0.3) is 0 Å². The predicted octanol–water partition coefficient (Wildman–Crippen LogP) is 2.44. The number of aryl methyl sites for hydroxylation is 1. The van der Waals surface area contributed by atoms with E-state index in [4.69, 9.17) is 20.9 Å². The molecule has 1 aliphatic heterocycles. The first-order chi connectivity index (χ1) is 8.69. The Bertz CT molecular complexity index is 484. The number of halogens is 1. The van der Waals surface area contributed by atoms with E-state index >= 15 is 0 Å². The summed E-state index contributed by atoms with van der Waals surface area (Å²) in [6.07, 6.45) is 0. The molecule has 1 aromatic rings. The van der Waals surface area contributed by atoms with Crippen LogP contribution in [-0.2, 0) is 15.9 Å². The van der Waals surface area contributed by atoms with Gasteiger partial charge in [0.15, 0.2) is 0 Å². The quantitative estimate of drug-likeness (QED) is 0.847. The van der Waals surface area contributed by atoms with Gasteiger partial charge in [-0.05, 0) is 51.7 Å². The summed E-state index contributed by atoms with van der Waals surface area (Å²) in [4.78, 5) is 0. The lowest BCUT2D eigenvalue weighted by Gasteiger charge is -2.32. The Balaban J connectivity index is 2.48. The van der Waals surface area contributed by atoms with E-state index in [0.717, 1.165) is 11.0 Å². The molecule has 19 heavy (non-hydrogen) atoms.